The van der Waals surface area contributed by atoms with E-state index in [2.05, 4.69) is 4.98 Å². The summed E-state index contributed by atoms with van der Waals surface area (Å²) in [6.07, 6.45) is 7.66. The highest BCUT2D eigenvalue weighted by Crippen LogP contribution is 2.27. The Morgan fingerprint density at radius 1 is 1.23 bits per heavy atom. The number of Topliss-reactive ketones (excluding diaryl/α,β-unsaturated/α-hetero) is 1. The fourth-order valence-corrected chi connectivity index (χ4v) is 3.30. The number of nitrogens with zero attached hydrogens (tertiary/aromatic N) is 3. The Morgan fingerprint density at radius 2 is 2.07 bits per heavy atom. The van der Waals surface area contributed by atoms with Crippen LogP contribution in [0.3, 0.4) is 0 Å². The summed E-state index contributed by atoms with van der Waals surface area (Å²) in [4.78, 5) is 21.7. The third-order valence-corrected chi connectivity index (χ3v) is 4.66. The van der Waals surface area contributed by atoms with E-state index in [1.54, 1.807) is 12.5 Å². The first-order valence-corrected chi connectivity index (χ1v) is 10.4. The molecule has 0 N–H and O–H groups in total. The van der Waals surface area contributed by atoms with Crippen LogP contribution in [0.4, 0.5) is 0 Å². The van der Waals surface area contributed by atoms with Crippen LogP contribution in [-0.4, -0.2) is 26.9 Å². The Balaban J connectivity index is 1.93. The molecule has 6 heteroatoms. The minimum atomic E-state index is 0.173. The van der Waals surface area contributed by atoms with Gasteiger partial charge in [-0.25, -0.2) is 4.98 Å². The van der Waals surface area contributed by atoms with Crippen LogP contribution in [0.15, 0.2) is 55.1 Å². The van der Waals surface area contributed by atoms with Crippen LogP contribution in [0.25, 0.3) is 28.7 Å². The van der Waals surface area contributed by atoms with Gasteiger partial charge in [0, 0.05) is 35.0 Å². The number of carbonyl (C=O) groups excluding carboxylic acids is 1. The van der Waals surface area contributed by atoms with Gasteiger partial charge in [-0.3, -0.25) is 9.78 Å². The van der Waals surface area contributed by atoms with Crippen LogP contribution in [0, 0.1) is 5.92 Å². The van der Waals surface area contributed by atoms with Gasteiger partial charge in [0.25, 0.3) is 0 Å². The molecule has 0 bridgehead atoms. The number of ketones is 1. The Kier molecular flexibility index (Phi) is 7.41. The summed E-state index contributed by atoms with van der Waals surface area (Å²) >= 11 is 6.18. The van der Waals surface area contributed by atoms with Crippen LogP contribution < -0.4 is 0 Å². The summed E-state index contributed by atoms with van der Waals surface area (Å²) in [5.41, 5.74) is 3.31. The average molecular weight is 424 g/mol. The molecule has 30 heavy (non-hydrogen) atoms. The first-order valence-electron chi connectivity index (χ1n) is 10.1. The maximum atomic E-state index is 12.5. The Morgan fingerprint density at radius 3 is 2.73 bits per heavy atom. The summed E-state index contributed by atoms with van der Waals surface area (Å²) in [6.45, 7) is 6.91. The lowest BCUT2D eigenvalue weighted by Crippen LogP contribution is -2.12. The first-order chi connectivity index (χ1) is 14.5. The zero-order valence-corrected chi connectivity index (χ0v) is 18.3. The monoisotopic (exact) mass is 423 g/mol. The van der Waals surface area contributed by atoms with Gasteiger partial charge in [0.05, 0.1) is 30.8 Å². The molecule has 0 aliphatic heterocycles. The summed E-state index contributed by atoms with van der Waals surface area (Å²) in [6, 6.07) is 11.4. The molecule has 0 saturated carbocycles. The van der Waals surface area contributed by atoms with Gasteiger partial charge < -0.3 is 9.30 Å². The predicted octanol–water partition coefficient (Wildman–Crippen LogP) is 5.89. The molecule has 2 heterocycles. The van der Waals surface area contributed by atoms with Crippen molar-refractivity contribution in [3.05, 3.63) is 65.8 Å². The van der Waals surface area contributed by atoms with Crippen molar-refractivity contribution in [2.45, 2.75) is 33.7 Å². The normalized spacial score (nSPS) is 11.4. The maximum Gasteiger partial charge on any atom is 0.152 e. The van der Waals surface area contributed by atoms with Crippen molar-refractivity contribution >= 4 is 23.5 Å². The predicted molar refractivity (Wildman–Crippen MR) is 121 cm³/mol. The molecular weight excluding hydrogens is 398 g/mol. The second-order valence-electron chi connectivity index (χ2n) is 7.45. The molecular formula is C24H26ClN3O2. The highest BCUT2D eigenvalue weighted by Gasteiger charge is 2.15. The van der Waals surface area contributed by atoms with Gasteiger partial charge in [0.15, 0.2) is 5.78 Å². The number of carbonyl (C=O) groups is 1. The lowest BCUT2D eigenvalue weighted by molar-refractivity contribution is -0.120. The lowest BCUT2D eigenvalue weighted by atomic mass is 10.1. The number of pyridine rings is 1. The van der Waals surface area contributed by atoms with Crippen LogP contribution in [0.1, 0.15) is 32.9 Å². The lowest BCUT2D eigenvalue weighted by Gasteiger charge is -2.08. The number of halogens is 1. The van der Waals surface area contributed by atoms with E-state index in [0.717, 1.165) is 22.5 Å². The largest absolute Gasteiger partial charge is 0.501 e. The smallest absolute Gasteiger partial charge is 0.152 e. The molecule has 1 aromatic carbocycles. The van der Waals surface area contributed by atoms with Crippen molar-refractivity contribution in [2.75, 3.05) is 6.61 Å². The second kappa shape index (κ2) is 10.2. The quantitative estimate of drug-likeness (QED) is 0.403. The number of aromatic nitrogens is 3. The van der Waals surface area contributed by atoms with E-state index in [-0.39, 0.29) is 12.3 Å². The second-order valence-corrected chi connectivity index (χ2v) is 7.89. The summed E-state index contributed by atoms with van der Waals surface area (Å²) in [5, 5.41) is 0.629. The topological polar surface area (TPSA) is 57.0 Å². The molecule has 0 aliphatic carbocycles. The number of hydrogen-bond acceptors (Lipinski definition) is 4. The van der Waals surface area contributed by atoms with Gasteiger partial charge >= 0.3 is 0 Å². The highest BCUT2D eigenvalue weighted by atomic mass is 35.5. The number of benzene rings is 1. The maximum absolute atomic E-state index is 12.5. The van der Waals surface area contributed by atoms with Crippen molar-refractivity contribution in [3.8, 4) is 22.6 Å². The van der Waals surface area contributed by atoms with Crippen LogP contribution in [-0.2, 0) is 16.1 Å². The van der Waals surface area contributed by atoms with E-state index in [0.29, 0.717) is 29.8 Å². The molecule has 0 unspecified atom stereocenters. The van der Waals surface area contributed by atoms with Gasteiger partial charge in [0.2, 0.25) is 0 Å². The third kappa shape index (κ3) is 5.80. The number of ether oxygens (including phenoxy) is 1. The molecule has 3 aromatic rings. The minimum absolute atomic E-state index is 0.173. The van der Waals surface area contributed by atoms with E-state index in [1.165, 1.54) is 0 Å². The molecule has 0 radical (unpaired) electrons. The molecule has 0 saturated heterocycles. The summed E-state index contributed by atoms with van der Waals surface area (Å²) < 4.78 is 7.11. The average Bonchev–Trinajstić information content (AvgIpc) is 3.11. The molecule has 0 aliphatic rings. The molecule has 0 atom stereocenters. The number of imidazole rings is 1. The fraction of sp³-hybridized carbons (Fsp3) is 0.292. The van der Waals surface area contributed by atoms with Crippen molar-refractivity contribution < 1.29 is 9.53 Å². The summed E-state index contributed by atoms with van der Waals surface area (Å²) in [5.74, 6) is 1.20. The molecule has 2 aromatic heterocycles. The van der Waals surface area contributed by atoms with Crippen molar-refractivity contribution in [2.24, 2.45) is 5.92 Å². The van der Waals surface area contributed by atoms with E-state index in [9.17, 15) is 4.79 Å². The number of hydrogen-bond donors (Lipinski definition) is 0. The van der Waals surface area contributed by atoms with Crippen LogP contribution >= 0.6 is 11.6 Å². The van der Waals surface area contributed by atoms with Gasteiger partial charge in [-0.2, -0.15) is 0 Å². The standard InChI is InChI=1S/C24H26ClN3O2/c1-4-30-11-10-21-9-8-19(14-26-21)23-16-28(15-22(29)12-17(2)3)24(27-23)18-6-5-7-20(25)13-18/h5-11,13-14,16-17H,4,12,15H2,1-3H3/b11-10-. The molecule has 0 fully saturated rings. The van der Waals surface area contributed by atoms with E-state index in [4.69, 9.17) is 21.3 Å². The first kappa shape index (κ1) is 21.8. The molecule has 0 spiro atoms. The zero-order chi connectivity index (χ0) is 21.5. The van der Waals surface area contributed by atoms with Crippen molar-refractivity contribution in [1.29, 1.82) is 0 Å². The van der Waals surface area contributed by atoms with Gasteiger partial charge in [-0.05, 0) is 43.2 Å². The molecule has 156 valence electrons. The highest BCUT2D eigenvalue weighted by molar-refractivity contribution is 6.30. The van der Waals surface area contributed by atoms with Crippen LogP contribution in [0.5, 0.6) is 0 Å². The van der Waals surface area contributed by atoms with Crippen molar-refractivity contribution in [1.82, 2.24) is 14.5 Å². The summed E-state index contributed by atoms with van der Waals surface area (Å²) in [7, 11) is 0. The fourth-order valence-electron chi connectivity index (χ4n) is 3.11. The van der Waals surface area contributed by atoms with E-state index < -0.39 is 0 Å². The Hall–Kier alpha value is -2.92. The Bertz CT molecular complexity index is 1020. The molecule has 0 amide bonds. The zero-order valence-electron chi connectivity index (χ0n) is 17.5. The van der Waals surface area contributed by atoms with Gasteiger partial charge in [-0.15, -0.1) is 0 Å². The SMILES string of the molecule is CCO/C=C\c1ccc(-c2cn(CC(=O)CC(C)C)c(-c3cccc(Cl)c3)n2)cn1. The van der Waals surface area contributed by atoms with Gasteiger partial charge in [-0.1, -0.05) is 37.6 Å². The van der Waals surface area contributed by atoms with Crippen molar-refractivity contribution in [3.63, 3.8) is 0 Å². The van der Waals surface area contributed by atoms with E-state index in [1.807, 2.05) is 74.0 Å². The number of rotatable bonds is 9. The van der Waals surface area contributed by atoms with Gasteiger partial charge in [0.1, 0.15) is 5.82 Å². The molecule has 5 nitrogen and oxygen atoms in total. The van der Waals surface area contributed by atoms with E-state index >= 15 is 0 Å². The minimum Gasteiger partial charge on any atom is -0.501 e. The molecule has 3 rings (SSSR count). The Labute approximate surface area is 182 Å². The third-order valence-electron chi connectivity index (χ3n) is 4.43. The van der Waals surface area contributed by atoms with Crippen LogP contribution in [0.2, 0.25) is 5.02 Å².